The van der Waals surface area contributed by atoms with Gasteiger partial charge in [0.25, 0.3) is 0 Å². The molecule has 1 unspecified atom stereocenters. The van der Waals surface area contributed by atoms with Gasteiger partial charge in [-0.1, -0.05) is 19.3 Å². The van der Waals surface area contributed by atoms with Crippen LogP contribution < -0.4 is 0 Å². The lowest BCUT2D eigenvalue weighted by Crippen LogP contribution is -2.47. The van der Waals surface area contributed by atoms with Crippen molar-refractivity contribution in [2.24, 2.45) is 10.9 Å². The maximum Gasteiger partial charge on any atom is 0.0861 e. The van der Waals surface area contributed by atoms with Crippen LogP contribution in [0.3, 0.4) is 0 Å². The third-order valence-electron chi connectivity index (χ3n) is 3.87. The van der Waals surface area contributed by atoms with Crippen molar-refractivity contribution in [3.05, 3.63) is 0 Å². The van der Waals surface area contributed by atoms with Crippen LogP contribution in [0.1, 0.15) is 39.0 Å². The summed E-state index contributed by atoms with van der Waals surface area (Å²) >= 11 is 0. The highest BCUT2D eigenvalue weighted by atomic mass is 16.5. The Balaban J connectivity index is 0.000000280. The van der Waals surface area contributed by atoms with Crippen molar-refractivity contribution in [3.8, 4) is 0 Å². The van der Waals surface area contributed by atoms with Crippen molar-refractivity contribution < 1.29 is 4.74 Å². The number of rotatable bonds is 2. The highest BCUT2D eigenvalue weighted by Gasteiger charge is 2.28. The van der Waals surface area contributed by atoms with Crippen LogP contribution in [-0.4, -0.2) is 50.3 Å². The summed E-state index contributed by atoms with van der Waals surface area (Å²) in [7, 11) is 2.25. The molecule has 1 saturated heterocycles. The Morgan fingerprint density at radius 3 is 2.56 bits per heavy atom. The molecule has 4 nitrogen and oxygen atoms in total. The van der Waals surface area contributed by atoms with Crippen LogP contribution in [0.15, 0.2) is 4.99 Å². The second-order valence-electron chi connectivity index (χ2n) is 5.11. The first-order valence-corrected chi connectivity index (χ1v) is 7.15. The fourth-order valence-corrected chi connectivity index (χ4v) is 2.80. The Morgan fingerprint density at radius 2 is 2.06 bits per heavy atom. The lowest BCUT2D eigenvalue weighted by molar-refractivity contribution is -0.0237. The van der Waals surface area contributed by atoms with Crippen molar-refractivity contribution in [3.63, 3.8) is 0 Å². The number of nitrogens with one attached hydrogen (secondary N) is 1. The summed E-state index contributed by atoms with van der Waals surface area (Å²) < 4.78 is 5.56. The van der Waals surface area contributed by atoms with Crippen molar-refractivity contribution in [1.82, 2.24) is 4.90 Å². The van der Waals surface area contributed by atoms with Crippen LogP contribution in [0, 0.1) is 11.3 Å². The van der Waals surface area contributed by atoms with Gasteiger partial charge in [0, 0.05) is 19.1 Å². The molecule has 0 aromatic rings. The number of aliphatic imine (C=N–C) groups is 1. The summed E-state index contributed by atoms with van der Waals surface area (Å²) in [5.74, 6) is 0.916. The van der Waals surface area contributed by atoms with Crippen LogP contribution in [0.4, 0.5) is 0 Å². The fraction of sp³-hybridized carbons (Fsp3) is 0.929. The predicted octanol–water partition coefficient (Wildman–Crippen LogP) is 2.66. The Labute approximate surface area is 111 Å². The standard InChI is InChI=1S/C11H21NO.C3H6N2/c1-12-7-8-13-9-11(12)10-5-3-2-4-6-10;1-2-5-3-4/h10-11H,2-9H2,1H3;4H,2H2,1H3. The molecule has 4 heteroatoms. The van der Waals surface area contributed by atoms with Gasteiger partial charge < -0.3 is 4.74 Å². The molecule has 0 aromatic heterocycles. The first-order chi connectivity index (χ1) is 8.79. The zero-order valence-corrected chi connectivity index (χ0v) is 11.8. The molecule has 2 rings (SSSR count). The van der Waals surface area contributed by atoms with Crippen LogP contribution >= 0.6 is 0 Å². The number of hydrogen-bond acceptors (Lipinski definition) is 4. The number of likely N-dealkylation sites (N-methyl/N-ethyl adjacent to an activating group) is 1. The molecule has 1 heterocycles. The van der Waals surface area contributed by atoms with Crippen LogP contribution in [0.25, 0.3) is 0 Å². The van der Waals surface area contributed by atoms with E-state index < -0.39 is 0 Å². The van der Waals surface area contributed by atoms with Crippen molar-refractivity contribution in [2.45, 2.75) is 45.1 Å². The molecule has 0 spiro atoms. The predicted molar refractivity (Wildman–Crippen MR) is 74.5 cm³/mol. The minimum Gasteiger partial charge on any atom is -0.378 e. The first kappa shape index (κ1) is 15.4. The summed E-state index contributed by atoms with van der Waals surface area (Å²) in [6, 6.07) is 2.61. The summed E-state index contributed by atoms with van der Waals surface area (Å²) in [5.41, 5.74) is 0. The van der Waals surface area contributed by atoms with E-state index in [0.717, 1.165) is 25.7 Å². The van der Waals surface area contributed by atoms with Crippen LogP contribution in [-0.2, 0) is 4.74 Å². The Kier molecular flexibility index (Phi) is 7.90. The van der Waals surface area contributed by atoms with Crippen molar-refractivity contribution in [2.75, 3.05) is 33.4 Å². The molecule has 2 aliphatic rings. The van der Waals surface area contributed by atoms with E-state index in [2.05, 4.69) is 16.9 Å². The van der Waals surface area contributed by atoms with Gasteiger partial charge in [0.15, 0.2) is 0 Å². The molecular weight excluding hydrogens is 226 g/mol. The molecule has 0 amide bonds. The molecule has 1 atom stereocenters. The van der Waals surface area contributed by atoms with E-state index >= 15 is 0 Å². The highest BCUT2D eigenvalue weighted by molar-refractivity contribution is 5.35. The van der Waals surface area contributed by atoms with E-state index in [0.29, 0.717) is 12.6 Å². The zero-order chi connectivity index (χ0) is 13.2. The average Bonchev–Trinajstić information content (AvgIpc) is 2.42. The van der Waals surface area contributed by atoms with E-state index in [9.17, 15) is 0 Å². The molecule has 1 N–H and O–H groups in total. The third kappa shape index (κ3) is 5.30. The number of morpholine rings is 1. The van der Waals surface area contributed by atoms with Crippen LogP contribution in [0.5, 0.6) is 0 Å². The molecule has 1 saturated carbocycles. The van der Waals surface area contributed by atoms with Gasteiger partial charge >= 0.3 is 0 Å². The summed E-state index contributed by atoms with van der Waals surface area (Å²) in [6.45, 7) is 5.56. The van der Waals surface area contributed by atoms with E-state index in [-0.39, 0.29) is 0 Å². The Morgan fingerprint density at radius 1 is 1.33 bits per heavy atom. The second kappa shape index (κ2) is 9.26. The Hall–Kier alpha value is -0.700. The average molecular weight is 253 g/mol. The fourth-order valence-electron chi connectivity index (χ4n) is 2.80. The molecular formula is C14H27N3O. The Bertz CT molecular complexity index is 258. The van der Waals surface area contributed by atoms with E-state index in [1.165, 1.54) is 32.1 Å². The lowest BCUT2D eigenvalue weighted by atomic mass is 9.83. The van der Waals surface area contributed by atoms with Crippen molar-refractivity contribution in [1.29, 1.82) is 5.41 Å². The van der Waals surface area contributed by atoms with Gasteiger partial charge in [0.05, 0.1) is 19.2 Å². The van der Waals surface area contributed by atoms with Gasteiger partial charge in [-0.2, -0.15) is 0 Å². The van der Waals surface area contributed by atoms with Crippen LogP contribution in [0.2, 0.25) is 0 Å². The van der Waals surface area contributed by atoms with Gasteiger partial charge in [0.2, 0.25) is 0 Å². The molecule has 1 aliphatic heterocycles. The van der Waals surface area contributed by atoms with Crippen molar-refractivity contribution >= 4 is 6.01 Å². The SMILES string of the molecule is CCN=C=N.CN1CCOCC1C1CCCCC1. The largest absolute Gasteiger partial charge is 0.378 e. The van der Waals surface area contributed by atoms with Gasteiger partial charge in [-0.15, -0.1) is 0 Å². The molecule has 0 bridgehead atoms. The third-order valence-corrected chi connectivity index (χ3v) is 3.87. The molecule has 104 valence electrons. The molecule has 0 aromatic carbocycles. The molecule has 0 radical (unpaired) electrons. The molecule has 18 heavy (non-hydrogen) atoms. The van der Waals surface area contributed by atoms with Gasteiger partial charge in [-0.25, -0.2) is 10.4 Å². The molecule has 2 fully saturated rings. The van der Waals surface area contributed by atoms with Gasteiger partial charge in [0.1, 0.15) is 0 Å². The summed E-state index contributed by atoms with van der Waals surface area (Å²) in [4.78, 5) is 5.89. The minimum atomic E-state index is 0.670. The van der Waals surface area contributed by atoms with Gasteiger partial charge in [-0.3, -0.25) is 4.90 Å². The first-order valence-electron chi connectivity index (χ1n) is 7.15. The van der Waals surface area contributed by atoms with E-state index in [1.54, 1.807) is 0 Å². The lowest BCUT2D eigenvalue weighted by Gasteiger charge is -2.39. The topological polar surface area (TPSA) is 48.7 Å². The highest BCUT2D eigenvalue weighted by Crippen LogP contribution is 2.29. The number of nitrogens with zero attached hydrogens (tertiary/aromatic N) is 2. The van der Waals surface area contributed by atoms with Gasteiger partial charge in [-0.05, 0) is 32.7 Å². The maximum atomic E-state index is 6.19. The number of hydrogen-bond donors (Lipinski definition) is 1. The van der Waals surface area contributed by atoms with E-state index in [1.807, 2.05) is 12.9 Å². The normalized spacial score (nSPS) is 25.8. The summed E-state index contributed by atoms with van der Waals surface area (Å²) in [6.07, 6.45) is 7.19. The minimum absolute atomic E-state index is 0.670. The summed E-state index contributed by atoms with van der Waals surface area (Å²) in [5, 5.41) is 6.19. The smallest absolute Gasteiger partial charge is 0.0861 e. The number of ether oxygens (including phenoxy) is 1. The maximum absolute atomic E-state index is 6.19. The monoisotopic (exact) mass is 253 g/mol. The second-order valence-corrected chi connectivity index (χ2v) is 5.11. The zero-order valence-electron chi connectivity index (χ0n) is 11.8. The quantitative estimate of drug-likeness (QED) is 0.769. The molecule has 1 aliphatic carbocycles. The van der Waals surface area contributed by atoms with E-state index in [4.69, 9.17) is 10.1 Å².